The molecule has 0 amide bonds. The third-order valence-electron chi connectivity index (χ3n) is 1.75. The minimum atomic E-state index is 0.310. The van der Waals surface area contributed by atoms with Gasteiger partial charge >= 0.3 is 0 Å². The zero-order valence-corrected chi connectivity index (χ0v) is 9.56. The Bertz CT molecular complexity index is 365. The fourth-order valence-corrected chi connectivity index (χ4v) is 1.45. The summed E-state index contributed by atoms with van der Waals surface area (Å²) in [7, 11) is 0. The maximum Gasteiger partial charge on any atom is 0.120 e. The first-order chi connectivity index (χ1) is 6.74. The summed E-state index contributed by atoms with van der Waals surface area (Å²) in [5.41, 5.74) is 0.872. The molecule has 0 aliphatic rings. The fourth-order valence-electron chi connectivity index (χ4n) is 1.04. The first kappa shape index (κ1) is 11.1. The quantitative estimate of drug-likeness (QED) is 0.640. The second-order valence-electron chi connectivity index (χ2n) is 2.80. The topological polar surface area (TPSA) is 32.3 Å². The lowest BCUT2D eigenvalue weighted by molar-refractivity contribution is 0.465. The van der Waals surface area contributed by atoms with Crippen molar-refractivity contribution in [2.45, 2.75) is 13.5 Å². The van der Waals surface area contributed by atoms with Gasteiger partial charge in [0.2, 0.25) is 0 Å². The van der Waals surface area contributed by atoms with Crippen molar-refractivity contribution in [2.75, 3.05) is 6.54 Å². The highest BCUT2D eigenvalue weighted by atomic mass is 79.9. The van der Waals surface area contributed by atoms with Crippen molar-refractivity contribution in [1.82, 2.24) is 5.32 Å². The van der Waals surface area contributed by atoms with Crippen LogP contribution in [0.25, 0.3) is 0 Å². The van der Waals surface area contributed by atoms with Gasteiger partial charge in [-0.1, -0.05) is 21.9 Å². The fraction of sp³-hybridized carbons (Fsp3) is 0.273. The maximum absolute atomic E-state index is 9.49. The molecule has 1 rings (SSSR count). The van der Waals surface area contributed by atoms with E-state index in [0.29, 0.717) is 18.8 Å². The van der Waals surface area contributed by atoms with Crippen LogP contribution < -0.4 is 5.32 Å². The highest BCUT2D eigenvalue weighted by Crippen LogP contribution is 2.21. The van der Waals surface area contributed by atoms with Crippen LogP contribution in [0.1, 0.15) is 12.5 Å². The molecule has 14 heavy (non-hydrogen) atoms. The second kappa shape index (κ2) is 5.69. The van der Waals surface area contributed by atoms with Gasteiger partial charge in [0.15, 0.2) is 0 Å². The Balaban J connectivity index is 2.56. The average molecular weight is 254 g/mol. The van der Waals surface area contributed by atoms with Crippen LogP contribution in [0.2, 0.25) is 0 Å². The molecular weight excluding hydrogens is 242 g/mol. The van der Waals surface area contributed by atoms with Crippen molar-refractivity contribution in [3.63, 3.8) is 0 Å². The molecule has 0 radical (unpaired) electrons. The molecule has 0 saturated carbocycles. The Kier molecular flexibility index (Phi) is 4.51. The van der Waals surface area contributed by atoms with E-state index in [2.05, 4.69) is 33.1 Å². The number of rotatable bonds is 3. The van der Waals surface area contributed by atoms with Crippen LogP contribution in [-0.2, 0) is 6.54 Å². The number of nitrogens with one attached hydrogen (secondary N) is 1. The Labute approximate surface area is 92.5 Å². The molecule has 0 bridgehead atoms. The molecule has 2 nitrogen and oxygen atoms in total. The highest BCUT2D eigenvalue weighted by molar-refractivity contribution is 9.10. The third-order valence-corrected chi connectivity index (χ3v) is 2.24. The lowest BCUT2D eigenvalue weighted by atomic mass is 10.2. The Morgan fingerprint density at radius 1 is 1.50 bits per heavy atom. The van der Waals surface area contributed by atoms with E-state index < -0.39 is 0 Å². The van der Waals surface area contributed by atoms with Crippen LogP contribution in [0.5, 0.6) is 5.75 Å². The Hall–Kier alpha value is -0.980. The lowest BCUT2D eigenvalue weighted by Gasteiger charge is -2.04. The van der Waals surface area contributed by atoms with Gasteiger partial charge in [-0.3, -0.25) is 0 Å². The predicted octanol–water partition coefficient (Wildman–Crippen LogP) is 2.27. The van der Waals surface area contributed by atoms with Crippen LogP contribution >= 0.6 is 15.9 Å². The summed E-state index contributed by atoms with van der Waals surface area (Å²) in [6.07, 6.45) is 0. The van der Waals surface area contributed by atoms with Crippen molar-refractivity contribution in [1.29, 1.82) is 0 Å². The number of benzene rings is 1. The van der Waals surface area contributed by atoms with Gasteiger partial charge in [0, 0.05) is 16.6 Å². The minimum Gasteiger partial charge on any atom is -0.508 e. The molecule has 0 aromatic heterocycles. The van der Waals surface area contributed by atoms with E-state index >= 15 is 0 Å². The van der Waals surface area contributed by atoms with Gasteiger partial charge in [-0.05, 0) is 25.1 Å². The molecule has 2 N–H and O–H groups in total. The first-order valence-electron chi connectivity index (χ1n) is 4.31. The van der Waals surface area contributed by atoms with E-state index in [0.717, 1.165) is 10.0 Å². The number of phenols is 1. The normalized spacial score (nSPS) is 9.29. The van der Waals surface area contributed by atoms with E-state index in [1.54, 1.807) is 13.0 Å². The molecule has 1 aromatic carbocycles. The number of hydrogen-bond donors (Lipinski definition) is 2. The molecule has 3 heteroatoms. The SMILES string of the molecule is CC#CCNCc1cc(Br)ccc1O. The van der Waals surface area contributed by atoms with Crippen LogP contribution in [0.15, 0.2) is 22.7 Å². The summed E-state index contributed by atoms with van der Waals surface area (Å²) in [6, 6.07) is 5.37. The second-order valence-corrected chi connectivity index (χ2v) is 3.72. The first-order valence-corrected chi connectivity index (χ1v) is 5.11. The number of halogens is 1. The molecule has 0 unspecified atom stereocenters. The van der Waals surface area contributed by atoms with Crippen LogP contribution in [0.3, 0.4) is 0 Å². The van der Waals surface area contributed by atoms with Crippen molar-refractivity contribution in [2.24, 2.45) is 0 Å². The van der Waals surface area contributed by atoms with Gasteiger partial charge in [0.25, 0.3) is 0 Å². The largest absolute Gasteiger partial charge is 0.508 e. The summed E-state index contributed by atoms with van der Waals surface area (Å²) >= 11 is 3.35. The molecule has 0 aliphatic heterocycles. The van der Waals surface area contributed by atoms with Crippen molar-refractivity contribution in [3.8, 4) is 17.6 Å². The standard InChI is InChI=1S/C11H12BrNO/c1-2-3-6-13-8-9-7-10(12)4-5-11(9)14/h4-5,7,13-14H,6,8H2,1H3. The molecule has 0 fully saturated rings. The zero-order valence-electron chi connectivity index (χ0n) is 7.97. The van der Waals surface area contributed by atoms with Crippen LogP contribution in [0, 0.1) is 11.8 Å². The summed E-state index contributed by atoms with van der Waals surface area (Å²) in [5, 5.41) is 12.6. The number of aromatic hydroxyl groups is 1. The van der Waals surface area contributed by atoms with Crippen LogP contribution in [0.4, 0.5) is 0 Å². The Morgan fingerprint density at radius 2 is 2.29 bits per heavy atom. The molecular formula is C11H12BrNO. The minimum absolute atomic E-state index is 0.310. The summed E-state index contributed by atoms with van der Waals surface area (Å²) in [6.45, 7) is 3.07. The average Bonchev–Trinajstić information content (AvgIpc) is 2.18. The highest BCUT2D eigenvalue weighted by Gasteiger charge is 2.00. The van der Waals surface area contributed by atoms with E-state index in [-0.39, 0.29) is 0 Å². The van der Waals surface area contributed by atoms with E-state index in [1.807, 2.05) is 12.1 Å². The molecule has 1 aromatic rings. The molecule has 0 heterocycles. The summed E-state index contributed by atoms with van der Waals surface area (Å²) < 4.78 is 0.966. The van der Waals surface area contributed by atoms with E-state index in [9.17, 15) is 5.11 Å². The number of hydrogen-bond acceptors (Lipinski definition) is 2. The molecule has 74 valence electrons. The van der Waals surface area contributed by atoms with E-state index in [4.69, 9.17) is 0 Å². The predicted molar refractivity (Wildman–Crippen MR) is 61.0 cm³/mol. The maximum atomic E-state index is 9.49. The van der Waals surface area contributed by atoms with Gasteiger partial charge in [-0.25, -0.2) is 0 Å². The summed E-state index contributed by atoms with van der Waals surface area (Å²) in [4.78, 5) is 0. The lowest BCUT2D eigenvalue weighted by Crippen LogP contribution is -2.13. The van der Waals surface area contributed by atoms with Gasteiger partial charge in [-0.2, -0.15) is 0 Å². The van der Waals surface area contributed by atoms with E-state index in [1.165, 1.54) is 0 Å². The monoisotopic (exact) mass is 253 g/mol. The van der Waals surface area contributed by atoms with Crippen molar-refractivity contribution in [3.05, 3.63) is 28.2 Å². The third kappa shape index (κ3) is 3.41. The number of phenolic OH excluding ortho intramolecular Hbond substituents is 1. The van der Waals surface area contributed by atoms with Gasteiger partial charge in [-0.15, -0.1) is 5.92 Å². The summed E-state index contributed by atoms with van der Waals surface area (Å²) in [5.74, 6) is 6.00. The Morgan fingerprint density at radius 3 is 3.00 bits per heavy atom. The smallest absolute Gasteiger partial charge is 0.120 e. The van der Waals surface area contributed by atoms with Crippen molar-refractivity contribution >= 4 is 15.9 Å². The molecule has 0 atom stereocenters. The van der Waals surface area contributed by atoms with Gasteiger partial charge in [0.1, 0.15) is 5.75 Å². The molecule has 0 spiro atoms. The van der Waals surface area contributed by atoms with Crippen LogP contribution in [-0.4, -0.2) is 11.7 Å². The zero-order chi connectivity index (χ0) is 10.4. The van der Waals surface area contributed by atoms with Gasteiger partial charge in [0.05, 0.1) is 6.54 Å². The van der Waals surface area contributed by atoms with Gasteiger partial charge < -0.3 is 10.4 Å². The van der Waals surface area contributed by atoms with Crippen molar-refractivity contribution < 1.29 is 5.11 Å². The molecule has 0 saturated heterocycles. The molecule has 0 aliphatic carbocycles.